The molecule has 0 atom stereocenters. The van der Waals surface area contributed by atoms with Gasteiger partial charge >= 0.3 is 0 Å². The first-order valence-electron chi connectivity index (χ1n) is 5.70. The summed E-state index contributed by atoms with van der Waals surface area (Å²) in [6, 6.07) is 7.19. The third kappa shape index (κ3) is 2.42. The van der Waals surface area contributed by atoms with Crippen LogP contribution >= 0.6 is 0 Å². The summed E-state index contributed by atoms with van der Waals surface area (Å²) >= 11 is 0. The van der Waals surface area contributed by atoms with E-state index in [-0.39, 0.29) is 5.95 Å². The first kappa shape index (κ1) is 11.3. The average Bonchev–Trinajstić information content (AvgIpc) is 2.39. The van der Waals surface area contributed by atoms with Gasteiger partial charge in [-0.1, -0.05) is 0 Å². The maximum absolute atomic E-state index is 5.66. The van der Waals surface area contributed by atoms with Crippen molar-refractivity contribution in [2.45, 2.75) is 6.92 Å². The maximum atomic E-state index is 5.66. The van der Waals surface area contributed by atoms with E-state index in [1.807, 2.05) is 25.1 Å². The van der Waals surface area contributed by atoms with Gasteiger partial charge in [0.1, 0.15) is 11.6 Å². The highest BCUT2D eigenvalue weighted by Crippen LogP contribution is 2.23. The zero-order chi connectivity index (χ0) is 13.2. The molecule has 0 radical (unpaired) electrons. The van der Waals surface area contributed by atoms with E-state index in [9.17, 15) is 0 Å². The van der Waals surface area contributed by atoms with Crippen molar-refractivity contribution < 1.29 is 4.74 Å². The van der Waals surface area contributed by atoms with Gasteiger partial charge in [0.25, 0.3) is 0 Å². The quantitative estimate of drug-likeness (QED) is 0.752. The van der Waals surface area contributed by atoms with Gasteiger partial charge in [-0.25, -0.2) is 15.0 Å². The van der Waals surface area contributed by atoms with Crippen LogP contribution in [0.2, 0.25) is 0 Å². The lowest BCUT2D eigenvalue weighted by Crippen LogP contribution is -1.95. The van der Waals surface area contributed by atoms with E-state index in [1.165, 1.54) is 0 Å². The summed E-state index contributed by atoms with van der Waals surface area (Å²) in [5, 5.41) is 0.859. The highest BCUT2D eigenvalue weighted by Gasteiger charge is 2.02. The highest BCUT2D eigenvalue weighted by molar-refractivity contribution is 5.80. The second-order valence-corrected chi connectivity index (χ2v) is 3.99. The molecule has 0 bridgehead atoms. The van der Waals surface area contributed by atoms with Gasteiger partial charge in [-0.3, -0.25) is 0 Å². The number of nitrogens with zero attached hydrogens (tertiary/aromatic N) is 4. The van der Waals surface area contributed by atoms with Crippen LogP contribution in [0.3, 0.4) is 0 Å². The lowest BCUT2D eigenvalue weighted by Gasteiger charge is -2.06. The fourth-order valence-corrected chi connectivity index (χ4v) is 1.70. The molecule has 0 spiro atoms. The molecule has 6 heteroatoms. The van der Waals surface area contributed by atoms with Crippen LogP contribution in [0.25, 0.3) is 10.9 Å². The number of hydrogen-bond acceptors (Lipinski definition) is 6. The van der Waals surface area contributed by atoms with Crippen LogP contribution in [0.4, 0.5) is 5.95 Å². The van der Waals surface area contributed by atoms with Crippen LogP contribution in [0, 0.1) is 6.92 Å². The summed E-state index contributed by atoms with van der Waals surface area (Å²) in [4.78, 5) is 16.3. The first-order valence-corrected chi connectivity index (χ1v) is 5.70. The van der Waals surface area contributed by atoms with Crippen LogP contribution in [0.5, 0.6) is 11.6 Å². The van der Waals surface area contributed by atoms with Gasteiger partial charge in [-0.15, -0.1) is 0 Å². The predicted molar refractivity (Wildman–Crippen MR) is 70.8 cm³/mol. The Balaban J connectivity index is 1.95. The molecule has 19 heavy (non-hydrogen) atoms. The molecular formula is C13H11N5O. The number of aromatic nitrogens is 4. The zero-order valence-electron chi connectivity index (χ0n) is 10.2. The molecule has 0 amide bonds. The molecule has 2 aromatic heterocycles. The lowest BCUT2D eigenvalue weighted by molar-refractivity contribution is 0.460. The van der Waals surface area contributed by atoms with Crippen molar-refractivity contribution >= 4 is 16.9 Å². The Hall–Kier alpha value is -2.76. The van der Waals surface area contributed by atoms with Crippen molar-refractivity contribution in [3.05, 3.63) is 42.5 Å². The van der Waals surface area contributed by atoms with E-state index < -0.39 is 0 Å². The molecule has 3 rings (SSSR count). The Morgan fingerprint density at radius 3 is 2.84 bits per heavy atom. The van der Waals surface area contributed by atoms with Crippen molar-refractivity contribution in [2.24, 2.45) is 0 Å². The Kier molecular flexibility index (Phi) is 2.68. The molecule has 0 aliphatic rings. The molecule has 2 heterocycles. The Morgan fingerprint density at radius 1 is 1.11 bits per heavy atom. The Morgan fingerprint density at radius 2 is 2.00 bits per heavy atom. The number of hydrogen-bond donors (Lipinski definition) is 1. The summed E-state index contributed by atoms with van der Waals surface area (Å²) in [7, 11) is 0. The summed E-state index contributed by atoms with van der Waals surface area (Å²) in [6.07, 6.45) is 3.32. The van der Waals surface area contributed by atoms with Crippen LogP contribution in [-0.4, -0.2) is 19.9 Å². The molecular weight excluding hydrogens is 242 g/mol. The minimum Gasteiger partial charge on any atom is -0.439 e. The molecule has 94 valence electrons. The van der Waals surface area contributed by atoms with E-state index in [0.717, 1.165) is 10.9 Å². The standard InChI is InChI=1S/C13H11N5O/c1-8-15-5-4-12(17-8)19-10-2-3-11-9(6-10)7-16-13(14)18-11/h2-7H,1H3,(H2,14,16,18). The predicted octanol–water partition coefficient (Wildman–Crippen LogP) is 2.10. The second-order valence-electron chi connectivity index (χ2n) is 3.99. The lowest BCUT2D eigenvalue weighted by atomic mass is 10.2. The van der Waals surface area contributed by atoms with E-state index >= 15 is 0 Å². The molecule has 1 aromatic carbocycles. The second kappa shape index (κ2) is 4.49. The fourth-order valence-electron chi connectivity index (χ4n) is 1.70. The number of rotatable bonds is 2. The summed E-state index contributed by atoms with van der Waals surface area (Å²) in [6.45, 7) is 1.81. The van der Waals surface area contributed by atoms with Gasteiger partial charge in [0, 0.05) is 23.8 Å². The van der Waals surface area contributed by atoms with E-state index in [0.29, 0.717) is 17.5 Å². The van der Waals surface area contributed by atoms with Gasteiger partial charge in [-0.2, -0.15) is 4.98 Å². The van der Waals surface area contributed by atoms with Gasteiger partial charge in [-0.05, 0) is 25.1 Å². The average molecular weight is 253 g/mol. The fraction of sp³-hybridized carbons (Fsp3) is 0.0769. The number of fused-ring (bicyclic) bond motifs is 1. The van der Waals surface area contributed by atoms with Crippen molar-refractivity contribution in [3.8, 4) is 11.6 Å². The minimum absolute atomic E-state index is 0.257. The molecule has 0 fully saturated rings. The minimum atomic E-state index is 0.257. The molecule has 6 nitrogen and oxygen atoms in total. The number of nitrogens with two attached hydrogens (primary N) is 1. The summed E-state index contributed by atoms with van der Waals surface area (Å²) < 4.78 is 5.66. The van der Waals surface area contributed by atoms with Crippen molar-refractivity contribution in [1.29, 1.82) is 0 Å². The number of nitrogen functional groups attached to an aromatic ring is 1. The number of aryl methyl sites for hydroxylation is 1. The zero-order valence-corrected chi connectivity index (χ0v) is 10.2. The normalized spacial score (nSPS) is 10.6. The Labute approximate surface area is 109 Å². The third-order valence-electron chi connectivity index (χ3n) is 2.54. The van der Waals surface area contributed by atoms with Gasteiger partial charge in [0.15, 0.2) is 0 Å². The third-order valence-corrected chi connectivity index (χ3v) is 2.54. The number of anilines is 1. The van der Waals surface area contributed by atoms with E-state index in [4.69, 9.17) is 10.5 Å². The van der Waals surface area contributed by atoms with Crippen molar-refractivity contribution in [3.63, 3.8) is 0 Å². The molecule has 2 N–H and O–H groups in total. The van der Waals surface area contributed by atoms with Crippen molar-refractivity contribution in [2.75, 3.05) is 5.73 Å². The topological polar surface area (TPSA) is 86.8 Å². The molecule has 0 aliphatic carbocycles. The SMILES string of the molecule is Cc1nccc(Oc2ccc3nc(N)ncc3c2)n1. The molecule has 0 unspecified atom stereocenters. The molecule has 3 aromatic rings. The smallest absolute Gasteiger partial charge is 0.222 e. The largest absolute Gasteiger partial charge is 0.439 e. The van der Waals surface area contributed by atoms with Crippen molar-refractivity contribution in [1.82, 2.24) is 19.9 Å². The van der Waals surface area contributed by atoms with E-state index in [2.05, 4.69) is 19.9 Å². The van der Waals surface area contributed by atoms with E-state index in [1.54, 1.807) is 18.5 Å². The monoisotopic (exact) mass is 253 g/mol. The van der Waals surface area contributed by atoms with Gasteiger partial charge < -0.3 is 10.5 Å². The number of ether oxygens (including phenoxy) is 1. The number of benzene rings is 1. The van der Waals surface area contributed by atoms with Gasteiger partial charge in [0.2, 0.25) is 11.8 Å². The highest BCUT2D eigenvalue weighted by atomic mass is 16.5. The van der Waals surface area contributed by atoms with Crippen LogP contribution in [0.15, 0.2) is 36.7 Å². The summed E-state index contributed by atoms with van der Waals surface area (Å²) in [5.74, 6) is 2.09. The van der Waals surface area contributed by atoms with Gasteiger partial charge in [0.05, 0.1) is 5.52 Å². The van der Waals surface area contributed by atoms with Crippen LogP contribution in [-0.2, 0) is 0 Å². The molecule has 0 saturated carbocycles. The molecule has 0 aliphatic heterocycles. The van der Waals surface area contributed by atoms with Crippen LogP contribution < -0.4 is 10.5 Å². The Bertz CT molecular complexity index is 744. The molecule has 0 saturated heterocycles. The first-order chi connectivity index (χ1) is 9.20. The maximum Gasteiger partial charge on any atom is 0.222 e. The van der Waals surface area contributed by atoms with Crippen LogP contribution in [0.1, 0.15) is 5.82 Å². The summed E-state index contributed by atoms with van der Waals surface area (Å²) in [5.41, 5.74) is 6.31.